The summed E-state index contributed by atoms with van der Waals surface area (Å²) in [6.07, 6.45) is 1.65. The normalized spacial score (nSPS) is 16.0. The Kier molecular flexibility index (Phi) is 5.04. The molecule has 0 radical (unpaired) electrons. The Bertz CT molecular complexity index is 865. The van der Waals surface area contributed by atoms with Gasteiger partial charge in [0.1, 0.15) is 5.75 Å². The number of halogens is 1. The minimum absolute atomic E-state index is 0.114. The lowest BCUT2D eigenvalue weighted by Crippen LogP contribution is -2.44. The molecule has 0 unspecified atom stereocenters. The maximum absolute atomic E-state index is 12.5. The predicted octanol–water partition coefficient (Wildman–Crippen LogP) is 3.76. The number of carbonyl (C=O) groups excluding carboxylic acids is 2. The van der Waals surface area contributed by atoms with E-state index >= 15 is 0 Å². The molecule has 2 amide bonds. The molecule has 0 spiro atoms. The number of rotatable bonds is 3. The van der Waals surface area contributed by atoms with Crippen LogP contribution in [0.2, 0.25) is 0 Å². The molecule has 5 nitrogen and oxygen atoms in total. The standard InChI is InChI=1S/C15H9BrN2O3S3/c16-9-6-8(3-4-10(9)19)7-12-14(21)18(15(22)24-12)17-13(20)11-2-1-5-23-11/h1-7,19H,(H,17,20)/b12-7+. The van der Waals surface area contributed by atoms with Crippen molar-refractivity contribution in [2.45, 2.75) is 0 Å². The summed E-state index contributed by atoms with van der Waals surface area (Å²) < 4.78 is 0.784. The molecule has 0 saturated carbocycles. The zero-order valence-electron chi connectivity index (χ0n) is 11.9. The zero-order valence-corrected chi connectivity index (χ0v) is 15.9. The number of phenolic OH excluding ortho intramolecular Hbond substituents is 1. The van der Waals surface area contributed by atoms with Gasteiger partial charge < -0.3 is 5.11 Å². The fourth-order valence-electron chi connectivity index (χ4n) is 1.89. The van der Waals surface area contributed by atoms with Crippen molar-refractivity contribution in [1.29, 1.82) is 0 Å². The molecule has 24 heavy (non-hydrogen) atoms. The Morgan fingerprint density at radius 3 is 2.83 bits per heavy atom. The van der Waals surface area contributed by atoms with E-state index in [1.807, 2.05) is 0 Å². The molecule has 122 valence electrons. The van der Waals surface area contributed by atoms with E-state index in [9.17, 15) is 14.7 Å². The fourth-order valence-corrected chi connectivity index (χ4v) is 4.08. The van der Waals surface area contributed by atoms with Gasteiger partial charge in [-0.1, -0.05) is 23.9 Å². The van der Waals surface area contributed by atoms with E-state index in [1.165, 1.54) is 17.4 Å². The number of nitrogens with one attached hydrogen (secondary N) is 1. The molecule has 0 atom stereocenters. The molecular weight excluding hydrogens is 432 g/mol. The zero-order chi connectivity index (χ0) is 17.3. The van der Waals surface area contributed by atoms with Crippen molar-refractivity contribution < 1.29 is 14.7 Å². The number of amides is 2. The molecule has 1 aromatic heterocycles. The molecule has 0 aliphatic carbocycles. The van der Waals surface area contributed by atoms with Gasteiger partial charge in [-0.2, -0.15) is 5.01 Å². The highest BCUT2D eigenvalue weighted by Gasteiger charge is 2.33. The van der Waals surface area contributed by atoms with E-state index in [4.69, 9.17) is 12.2 Å². The smallest absolute Gasteiger partial charge is 0.285 e. The number of hydrogen-bond donors (Lipinski definition) is 2. The topological polar surface area (TPSA) is 69.6 Å². The Morgan fingerprint density at radius 1 is 1.38 bits per heavy atom. The molecular formula is C15H9BrN2O3S3. The van der Waals surface area contributed by atoms with Crippen molar-refractivity contribution in [3.63, 3.8) is 0 Å². The number of nitrogens with zero attached hydrogens (tertiary/aromatic N) is 1. The van der Waals surface area contributed by atoms with Gasteiger partial charge in [-0.3, -0.25) is 15.0 Å². The number of aromatic hydroxyl groups is 1. The first kappa shape index (κ1) is 17.2. The Hall–Kier alpha value is -1.68. The van der Waals surface area contributed by atoms with Crippen LogP contribution in [0.25, 0.3) is 6.08 Å². The number of carbonyl (C=O) groups is 2. The third-order valence-corrected chi connectivity index (χ3v) is 5.83. The molecule has 0 bridgehead atoms. The van der Waals surface area contributed by atoms with Crippen LogP contribution in [0.3, 0.4) is 0 Å². The highest BCUT2D eigenvalue weighted by atomic mass is 79.9. The van der Waals surface area contributed by atoms with Crippen LogP contribution in [0.4, 0.5) is 0 Å². The Morgan fingerprint density at radius 2 is 2.17 bits per heavy atom. The van der Waals surface area contributed by atoms with Crippen LogP contribution in [0.1, 0.15) is 15.2 Å². The lowest BCUT2D eigenvalue weighted by atomic mass is 10.2. The average molecular weight is 441 g/mol. The second kappa shape index (κ2) is 7.06. The van der Waals surface area contributed by atoms with Crippen LogP contribution in [-0.4, -0.2) is 26.3 Å². The van der Waals surface area contributed by atoms with Gasteiger partial charge in [0.2, 0.25) is 0 Å². The summed E-state index contributed by atoms with van der Waals surface area (Å²) in [5.41, 5.74) is 3.25. The Balaban J connectivity index is 1.79. The van der Waals surface area contributed by atoms with Gasteiger partial charge in [-0.05, 0) is 63.4 Å². The average Bonchev–Trinajstić information content (AvgIpc) is 3.16. The minimum atomic E-state index is -0.390. The van der Waals surface area contributed by atoms with Crippen molar-refractivity contribution in [1.82, 2.24) is 10.4 Å². The summed E-state index contributed by atoms with van der Waals surface area (Å²) >= 11 is 10.8. The number of phenols is 1. The van der Waals surface area contributed by atoms with Crippen molar-refractivity contribution in [3.05, 3.63) is 55.5 Å². The van der Waals surface area contributed by atoms with Crippen LogP contribution in [0.5, 0.6) is 5.75 Å². The predicted molar refractivity (Wildman–Crippen MR) is 103 cm³/mol. The fraction of sp³-hybridized carbons (Fsp3) is 0. The van der Waals surface area contributed by atoms with Crippen molar-refractivity contribution in [2.24, 2.45) is 0 Å². The molecule has 1 aliphatic heterocycles. The second-order valence-corrected chi connectivity index (χ2v) is 8.12. The molecule has 9 heteroatoms. The molecule has 1 fully saturated rings. The van der Waals surface area contributed by atoms with Gasteiger partial charge in [0, 0.05) is 0 Å². The lowest BCUT2D eigenvalue weighted by Gasteiger charge is -2.14. The maximum Gasteiger partial charge on any atom is 0.285 e. The molecule has 2 aromatic rings. The third kappa shape index (κ3) is 3.54. The van der Waals surface area contributed by atoms with E-state index < -0.39 is 0 Å². The second-order valence-electron chi connectivity index (χ2n) is 4.65. The highest BCUT2D eigenvalue weighted by molar-refractivity contribution is 9.10. The first-order valence-electron chi connectivity index (χ1n) is 6.56. The summed E-state index contributed by atoms with van der Waals surface area (Å²) in [6, 6.07) is 8.31. The third-order valence-electron chi connectivity index (χ3n) is 3.02. The number of thiophene rings is 1. The molecule has 1 aliphatic rings. The number of thiocarbonyl (C=S) groups is 1. The van der Waals surface area contributed by atoms with Gasteiger partial charge in [-0.15, -0.1) is 11.3 Å². The van der Waals surface area contributed by atoms with Crippen LogP contribution < -0.4 is 5.43 Å². The summed E-state index contributed by atoms with van der Waals surface area (Å²) in [4.78, 5) is 25.4. The van der Waals surface area contributed by atoms with Crippen LogP contribution in [0.15, 0.2) is 45.1 Å². The largest absolute Gasteiger partial charge is 0.507 e. The van der Waals surface area contributed by atoms with Crippen molar-refractivity contribution in [2.75, 3.05) is 0 Å². The van der Waals surface area contributed by atoms with E-state index in [-0.39, 0.29) is 21.9 Å². The molecule has 2 heterocycles. The molecule has 3 rings (SSSR count). The van der Waals surface area contributed by atoms with Crippen molar-refractivity contribution in [3.8, 4) is 5.75 Å². The number of hydrogen-bond acceptors (Lipinski definition) is 6. The highest BCUT2D eigenvalue weighted by Crippen LogP contribution is 2.33. The van der Waals surface area contributed by atoms with Gasteiger partial charge in [0.05, 0.1) is 14.3 Å². The summed E-state index contributed by atoms with van der Waals surface area (Å²) in [7, 11) is 0. The number of benzene rings is 1. The van der Waals surface area contributed by atoms with Crippen molar-refractivity contribution >= 4 is 73.5 Å². The lowest BCUT2D eigenvalue weighted by molar-refractivity contribution is -0.123. The van der Waals surface area contributed by atoms with Gasteiger partial charge in [-0.25, -0.2) is 0 Å². The molecule has 1 aromatic carbocycles. The maximum atomic E-state index is 12.5. The van der Waals surface area contributed by atoms with E-state index in [2.05, 4.69) is 21.4 Å². The van der Waals surface area contributed by atoms with E-state index in [0.717, 1.165) is 22.3 Å². The summed E-state index contributed by atoms with van der Waals surface area (Å²) in [5.74, 6) is -0.656. The van der Waals surface area contributed by atoms with E-state index in [1.54, 1.807) is 35.7 Å². The first-order chi connectivity index (χ1) is 11.5. The number of hydrazine groups is 1. The van der Waals surface area contributed by atoms with Gasteiger partial charge in [0.25, 0.3) is 11.8 Å². The summed E-state index contributed by atoms with van der Waals surface area (Å²) in [5, 5.41) is 12.4. The molecule has 1 saturated heterocycles. The monoisotopic (exact) mass is 440 g/mol. The van der Waals surface area contributed by atoms with Crippen LogP contribution >= 0.6 is 51.2 Å². The quantitative estimate of drug-likeness (QED) is 0.561. The number of thioether (sulfide) groups is 1. The molecule has 2 N–H and O–H groups in total. The first-order valence-corrected chi connectivity index (χ1v) is 9.46. The SMILES string of the molecule is O=C(NN1C(=O)/C(=C\c2ccc(O)c(Br)c2)SC1=S)c1cccs1. The van der Waals surface area contributed by atoms with Gasteiger partial charge >= 0.3 is 0 Å². The van der Waals surface area contributed by atoms with Gasteiger partial charge in [0.15, 0.2) is 4.32 Å². The minimum Gasteiger partial charge on any atom is -0.507 e. The van der Waals surface area contributed by atoms with Crippen LogP contribution in [0, 0.1) is 0 Å². The van der Waals surface area contributed by atoms with E-state index in [0.29, 0.717) is 14.3 Å². The Labute approximate surface area is 159 Å². The van der Waals surface area contributed by atoms with Crippen LogP contribution in [-0.2, 0) is 4.79 Å². The summed E-state index contributed by atoms with van der Waals surface area (Å²) in [6.45, 7) is 0.